The number of rotatable bonds is 3. The number of likely N-dealkylation sites (tertiary alicyclic amines) is 1. The monoisotopic (exact) mass is 261 g/mol. The molecule has 1 aromatic heterocycles. The molecule has 1 unspecified atom stereocenters. The number of halogens is 2. The van der Waals surface area contributed by atoms with E-state index in [1.165, 1.54) is 6.42 Å². The number of nitrogens with zero attached hydrogens (tertiary/aromatic N) is 4. The molecule has 2 rings (SSSR count). The maximum absolute atomic E-state index is 5.84. The van der Waals surface area contributed by atoms with Crippen molar-refractivity contribution in [3.05, 3.63) is 10.4 Å². The van der Waals surface area contributed by atoms with Crippen LogP contribution in [0.3, 0.4) is 0 Å². The van der Waals surface area contributed by atoms with Crippen LogP contribution in [0.15, 0.2) is 0 Å². The second-order valence-corrected chi connectivity index (χ2v) is 4.71. The second-order valence-electron chi connectivity index (χ2n) is 4.02. The normalized spacial score (nSPS) is 21.3. The van der Waals surface area contributed by atoms with Crippen LogP contribution in [0.5, 0.6) is 0 Å². The van der Waals surface area contributed by atoms with E-state index >= 15 is 0 Å². The minimum atomic E-state index is 0.107. The smallest absolute Gasteiger partial charge is 0.245 e. The molecule has 0 saturated carbocycles. The Labute approximate surface area is 104 Å². The molecule has 7 heteroatoms. The molecule has 16 heavy (non-hydrogen) atoms. The van der Waals surface area contributed by atoms with Gasteiger partial charge in [-0.05, 0) is 37.5 Å². The third kappa shape index (κ3) is 2.93. The van der Waals surface area contributed by atoms with Gasteiger partial charge in [0.25, 0.3) is 0 Å². The molecule has 1 aliphatic heterocycles. The van der Waals surface area contributed by atoms with Crippen molar-refractivity contribution < 1.29 is 0 Å². The topological polar surface area (TPSA) is 53.9 Å². The molecule has 1 aromatic rings. The SMILES string of the molecule is CN1CCC(CNc2nc(Cl)nnc2Cl)C1. The molecular formula is C9H13Cl2N5. The molecule has 2 heterocycles. The van der Waals surface area contributed by atoms with Crippen LogP contribution < -0.4 is 5.32 Å². The predicted molar refractivity (Wildman–Crippen MR) is 63.9 cm³/mol. The van der Waals surface area contributed by atoms with Crippen LogP contribution in [0.4, 0.5) is 5.82 Å². The molecule has 0 aliphatic carbocycles. The fraction of sp³-hybridized carbons (Fsp3) is 0.667. The molecule has 1 aliphatic rings. The molecule has 5 nitrogen and oxygen atoms in total. The van der Waals surface area contributed by atoms with Crippen LogP contribution in [0.1, 0.15) is 6.42 Å². The number of hydrogen-bond acceptors (Lipinski definition) is 5. The van der Waals surface area contributed by atoms with Gasteiger partial charge in [-0.1, -0.05) is 11.6 Å². The van der Waals surface area contributed by atoms with Gasteiger partial charge in [-0.2, -0.15) is 4.98 Å². The van der Waals surface area contributed by atoms with E-state index in [9.17, 15) is 0 Å². The number of anilines is 1. The largest absolute Gasteiger partial charge is 0.367 e. The fourth-order valence-corrected chi connectivity index (χ4v) is 2.11. The van der Waals surface area contributed by atoms with Gasteiger partial charge in [0.15, 0.2) is 11.0 Å². The number of hydrogen-bond donors (Lipinski definition) is 1. The summed E-state index contributed by atoms with van der Waals surface area (Å²) in [7, 11) is 2.12. The van der Waals surface area contributed by atoms with E-state index in [0.717, 1.165) is 19.6 Å². The third-order valence-corrected chi connectivity index (χ3v) is 3.08. The van der Waals surface area contributed by atoms with Gasteiger partial charge in [0.2, 0.25) is 5.28 Å². The van der Waals surface area contributed by atoms with Gasteiger partial charge in [-0.3, -0.25) is 0 Å². The van der Waals surface area contributed by atoms with Gasteiger partial charge in [0, 0.05) is 13.1 Å². The van der Waals surface area contributed by atoms with Gasteiger partial charge >= 0.3 is 0 Å². The van der Waals surface area contributed by atoms with E-state index in [4.69, 9.17) is 23.2 Å². The summed E-state index contributed by atoms with van der Waals surface area (Å²) in [4.78, 5) is 6.29. The van der Waals surface area contributed by atoms with E-state index in [1.54, 1.807) is 0 Å². The van der Waals surface area contributed by atoms with Crippen LogP contribution in [-0.2, 0) is 0 Å². The minimum Gasteiger partial charge on any atom is -0.367 e. The van der Waals surface area contributed by atoms with Gasteiger partial charge in [0.05, 0.1) is 0 Å². The molecule has 1 atom stereocenters. The maximum atomic E-state index is 5.84. The summed E-state index contributed by atoms with van der Waals surface area (Å²) in [5.41, 5.74) is 0. The van der Waals surface area contributed by atoms with Crippen molar-refractivity contribution in [1.29, 1.82) is 0 Å². The summed E-state index contributed by atoms with van der Waals surface area (Å²) in [6.45, 7) is 3.07. The quantitative estimate of drug-likeness (QED) is 0.895. The van der Waals surface area contributed by atoms with Crippen LogP contribution in [0.2, 0.25) is 10.4 Å². The maximum Gasteiger partial charge on any atom is 0.245 e. The first kappa shape index (κ1) is 11.8. The van der Waals surface area contributed by atoms with E-state index in [1.807, 2.05) is 0 Å². The highest BCUT2D eigenvalue weighted by Gasteiger charge is 2.19. The molecular weight excluding hydrogens is 249 g/mol. The molecule has 0 spiro atoms. The van der Waals surface area contributed by atoms with Crippen LogP contribution in [-0.4, -0.2) is 46.8 Å². The summed E-state index contributed by atoms with van der Waals surface area (Å²) in [5, 5.41) is 10.8. The Morgan fingerprint density at radius 2 is 2.25 bits per heavy atom. The summed E-state index contributed by atoms with van der Waals surface area (Å²) >= 11 is 11.5. The predicted octanol–water partition coefficient (Wildman–Crippen LogP) is 1.54. The van der Waals surface area contributed by atoms with Gasteiger partial charge < -0.3 is 10.2 Å². The average Bonchev–Trinajstić information content (AvgIpc) is 2.66. The lowest BCUT2D eigenvalue weighted by Gasteiger charge is -2.12. The van der Waals surface area contributed by atoms with E-state index in [-0.39, 0.29) is 10.4 Å². The first-order valence-electron chi connectivity index (χ1n) is 5.13. The lowest BCUT2D eigenvalue weighted by molar-refractivity contribution is 0.399. The van der Waals surface area contributed by atoms with Crippen molar-refractivity contribution in [2.75, 3.05) is 32.0 Å². The Hall–Kier alpha value is -0.650. The highest BCUT2D eigenvalue weighted by atomic mass is 35.5. The lowest BCUT2D eigenvalue weighted by atomic mass is 10.1. The van der Waals surface area contributed by atoms with E-state index < -0.39 is 0 Å². The Bertz CT molecular complexity index is 373. The first-order chi connectivity index (χ1) is 7.65. The zero-order chi connectivity index (χ0) is 11.5. The second kappa shape index (κ2) is 5.12. The van der Waals surface area contributed by atoms with E-state index in [0.29, 0.717) is 11.7 Å². The molecule has 0 aromatic carbocycles. The average molecular weight is 262 g/mol. The molecule has 1 fully saturated rings. The van der Waals surface area contributed by atoms with Gasteiger partial charge in [0.1, 0.15) is 0 Å². The Morgan fingerprint density at radius 1 is 1.44 bits per heavy atom. The first-order valence-corrected chi connectivity index (χ1v) is 5.89. The van der Waals surface area contributed by atoms with Crippen LogP contribution in [0.25, 0.3) is 0 Å². The third-order valence-electron chi connectivity index (χ3n) is 2.67. The molecule has 1 saturated heterocycles. The summed E-state index contributed by atoms with van der Waals surface area (Å²) in [6.07, 6.45) is 1.19. The van der Waals surface area contributed by atoms with Crippen LogP contribution in [0, 0.1) is 5.92 Å². The van der Waals surface area contributed by atoms with Crippen molar-refractivity contribution in [3.63, 3.8) is 0 Å². The number of aromatic nitrogens is 3. The number of nitrogens with one attached hydrogen (secondary N) is 1. The van der Waals surface area contributed by atoms with Crippen molar-refractivity contribution in [2.24, 2.45) is 5.92 Å². The molecule has 0 amide bonds. The highest BCUT2D eigenvalue weighted by molar-refractivity contribution is 6.32. The van der Waals surface area contributed by atoms with Gasteiger partial charge in [-0.15, -0.1) is 10.2 Å². The van der Waals surface area contributed by atoms with Crippen LogP contribution >= 0.6 is 23.2 Å². The molecule has 88 valence electrons. The Kier molecular flexibility index (Phi) is 3.78. The van der Waals surface area contributed by atoms with Crippen molar-refractivity contribution >= 4 is 29.0 Å². The summed E-state index contributed by atoms with van der Waals surface area (Å²) < 4.78 is 0. The lowest BCUT2D eigenvalue weighted by Crippen LogP contribution is -2.19. The fourth-order valence-electron chi connectivity index (χ4n) is 1.84. The van der Waals surface area contributed by atoms with Crippen molar-refractivity contribution in [1.82, 2.24) is 20.1 Å². The Morgan fingerprint density at radius 3 is 2.94 bits per heavy atom. The standard InChI is InChI=1S/C9H13Cl2N5/c1-16-3-2-6(5-16)4-12-8-7(10)14-15-9(11)13-8/h6H,2-5H2,1H3,(H,12,13,15). The zero-order valence-electron chi connectivity index (χ0n) is 8.95. The van der Waals surface area contributed by atoms with Crippen molar-refractivity contribution in [2.45, 2.75) is 6.42 Å². The van der Waals surface area contributed by atoms with E-state index in [2.05, 4.69) is 32.4 Å². The summed E-state index contributed by atoms with van der Waals surface area (Å²) in [5.74, 6) is 1.13. The highest BCUT2D eigenvalue weighted by Crippen LogP contribution is 2.19. The van der Waals surface area contributed by atoms with Gasteiger partial charge in [-0.25, -0.2) is 0 Å². The minimum absolute atomic E-state index is 0.107. The summed E-state index contributed by atoms with van der Waals surface area (Å²) in [6, 6.07) is 0. The molecule has 0 radical (unpaired) electrons. The molecule has 0 bridgehead atoms. The molecule has 1 N–H and O–H groups in total. The zero-order valence-corrected chi connectivity index (χ0v) is 10.5. The van der Waals surface area contributed by atoms with Crippen molar-refractivity contribution in [3.8, 4) is 0 Å². The Balaban J connectivity index is 1.91.